The standard InChI is InChI=1S/C15H13Cl2N/c1-10(12-4-3-7-18-9-12)11(2)14-6-5-13(16)8-15(14)17/h3-9,11H,1H2,2H3. The van der Waals surface area contributed by atoms with Crippen molar-refractivity contribution in [2.24, 2.45) is 0 Å². The fraction of sp³-hybridized carbons (Fsp3) is 0.133. The summed E-state index contributed by atoms with van der Waals surface area (Å²) in [6.07, 6.45) is 3.55. The van der Waals surface area contributed by atoms with Crippen molar-refractivity contribution in [2.45, 2.75) is 12.8 Å². The summed E-state index contributed by atoms with van der Waals surface area (Å²) in [5, 5.41) is 1.31. The average molecular weight is 278 g/mol. The van der Waals surface area contributed by atoms with Gasteiger partial charge in [-0.25, -0.2) is 0 Å². The van der Waals surface area contributed by atoms with E-state index in [4.69, 9.17) is 23.2 Å². The number of allylic oxidation sites excluding steroid dienone is 1. The monoisotopic (exact) mass is 277 g/mol. The van der Waals surface area contributed by atoms with E-state index in [0.29, 0.717) is 10.0 Å². The van der Waals surface area contributed by atoms with Crippen molar-refractivity contribution in [3.8, 4) is 0 Å². The smallest absolute Gasteiger partial charge is 0.0458 e. The van der Waals surface area contributed by atoms with Gasteiger partial charge in [-0.05, 0) is 34.9 Å². The van der Waals surface area contributed by atoms with E-state index in [0.717, 1.165) is 16.7 Å². The lowest BCUT2D eigenvalue weighted by molar-refractivity contribution is 0.989. The number of aromatic nitrogens is 1. The second kappa shape index (κ2) is 5.55. The maximum Gasteiger partial charge on any atom is 0.0458 e. The van der Waals surface area contributed by atoms with Gasteiger partial charge in [0.2, 0.25) is 0 Å². The molecular weight excluding hydrogens is 265 g/mol. The SMILES string of the molecule is C=C(c1cccnc1)C(C)c1ccc(Cl)cc1Cl. The predicted molar refractivity (Wildman–Crippen MR) is 78.1 cm³/mol. The molecule has 0 aliphatic rings. The lowest BCUT2D eigenvalue weighted by atomic mass is 9.90. The van der Waals surface area contributed by atoms with Gasteiger partial charge < -0.3 is 0 Å². The molecule has 0 N–H and O–H groups in total. The van der Waals surface area contributed by atoms with Crippen LogP contribution in [-0.2, 0) is 0 Å². The Balaban J connectivity index is 2.31. The summed E-state index contributed by atoms with van der Waals surface area (Å²) < 4.78 is 0. The molecule has 1 aromatic carbocycles. The first kappa shape index (κ1) is 13.1. The molecule has 0 amide bonds. The third kappa shape index (κ3) is 2.74. The molecule has 0 spiro atoms. The highest BCUT2D eigenvalue weighted by atomic mass is 35.5. The van der Waals surface area contributed by atoms with Gasteiger partial charge >= 0.3 is 0 Å². The molecular formula is C15H13Cl2N. The van der Waals surface area contributed by atoms with Crippen LogP contribution in [0.4, 0.5) is 0 Å². The zero-order valence-electron chi connectivity index (χ0n) is 10.0. The molecule has 0 aliphatic heterocycles. The van der Waals surface area contributed by atoms with Gasteiger partial charge in [-0.15, -0.1) is 0 Å². The van der Waals surface area contributed by atoms with Gasteiger partial charge in [-0.3, -0.25) is 4.98 Å². The molecule has 1 heterocycles. The number of hydrogen-bond donors (Lipinski definition) is 0. The molecule has 0 saturated carbocycles. The van der Waals surface area contributed by atoms with Gasteiger partial charge in [-0.1, -0.05) is 48.8 Å². The molecule has 2 rings (SSSR count). The number of rotatable bonds is 3. The molecule has 0 saturated heterocycles. The number of pyridine rings is 1. The molecule has 0 aliphatic carbocycles. The minimum Gasteiger partial charge on any atom is -0.264 e. The first-order valence-corrected chi connectivity index (χ1v) is 6.39. The molecule has 1 nitrogen and oxygen atoms in total. The van der Waals surface area contributed by atoms with Crippen molar-refractivity contribution in [1.29, 1.82) is 0 Å². The maximum absolute atomic E-state index is 6.21. The summed E-state index contributed by atoms with van der Waals surface area (Å²) in [4.78, 5) is 4.10. The van der Waals surface area contributed by atoms with Crippen molar-refractivity contribution in [3.63, 3.8) is 0 Å². The largest absolute Gasteiger partial charge is 0.264 e. The Morgan fingerprint density at radius 1 is 1.28 bits per heavy atom. The van der Waals surface area contributed by atoms with E-state index in [1.54, 1.807) is 12.3 Å². The van der Waals surface area contributed by atoms with Crippen molar-refractivity contribution in [2.75, 3.05) is 0 Å². The maximum atomic E-state index is 6.21. The summed E-state index contributed by atoms with van der Waals surface area (Å²) in [6.45, 7) is 6.21. The van der Waals surface area contributed by atoms with Crippen LogP contribution in [0, 0.1) is 0 Å². The second-order valence-corrected chi connectivity index (χ2v) is 5.00. The van der Waals surface area contributed by atoms with Gasteiger partial charge in [0.15, 0.2) is 0 Å². The predicted octanol–water partition coefficient (Wildman–Crippen LogP) is 5.21. The first-order valence-electron chi connectivity index (χ1n) is 5.63. The Labute approximate surface area is 117 Å². The molecule has 0 radical (unpaired) electrons. The first-order chi connectivity index (χ1) is 8.59. The van der Waals surface area contributed by atoms with Crippen molar-refractivity contribution >= 4 is 28.8 Å². The van der Waals surface area contributed by atoms with E-state index in [1.807, 2.05) is 30.5 Å². The Morgan fingerprint density at radius 2 is 2.06 bits per heavy atom. The number of nitrogens with zero attached hydrogens (tertiary/aromatic N) is 1. The molecule has 1 atom stereocenters. The van der Waals surface area contributed by atoms with Crippen LogP contribution in [0.2, 0.25) is 10.0 Å². The summed E-state index contributed by atoms with van der Waals surface area (Å²) in [5.74, 6) is 0.124. The van der Waals surface area contributed by atoms with Crippen LogP contribution < -0.4 is 0 Å². The summed E-state index contributed by atoms with van der Waals surface area (Å²) in [5.41, 5.74) is 3.04. The van der Waals surface area contributed by atoms with Crippen LogP contribution in [0.15, 0.2) is 49.3 Å². The van der Waals surface area contributed by atoms with Gasteiger partial charge in [-0.2, -0.15) is 0 Å². The Morgan fingerprint density at radius 3 is 2.67 bits per heavy atom. The Hall–Kier alpha value is -1.31. The van der Waals surface area contributed by atoms with Crippen LogP contribution >= 0.6 is 23.2 Å². The zero-order chi connectivity index (χ0) is 13.1. The molecule has 18 heavy (non-hydrogen) atoms. The van der Waals surface area contributed by atoms with E-state index >= 15 is 0 Å². The zero-order valence-corrected chi connectivity index (χ0v) is 11.5. The topological polar surface area (TPSA) is 12.9 Å². The minimum absolute atomic E-state index is 0.124. The molecule has 2 aromatic rings. The number of halogens is 2. The van der Waals surface area contributed by atoms with E-state index in [2.05, 4.69) is 18.5 Å². The third-order valence-corrected chi connectivity index (χ3v) is 3.55. The molecule has 0 fully saturated rings. The highest BCUT2D eigenvalue weighted by Gasteiger charge is 2.14. The minimum atomic E-state index is 0.124. The summed E-state index contributed by atoms with van der Waals surface area (Å²) in [7, 11) is 0. The fourth-order valence-electron chi connectivity index (χ4n) is 1.84. The summed E-state index contributed by atoms with van der Waals surface area (Å²) in [6, 6.07) is 9.44. The van der Waals surface area contributed by atoms with E-state index in [9.17, 15) is 0 Å². The fourth-order valence-corrected chi connectivity index (χ4v) is 2.42. The van der Waals surface area contributed by atoms with Crippen molar-refractivity contribution in [1.82, 2.24) is 4.98 Å². The molecule has 3 heteroatoms. The van der Waals surface area contributed by atoms with Crippen LogP contribution in [0.5, 0.6) is 0 Å². The van der Waals surface area contributed by atoms with Crippen LogP contribution in [0.1, 0.15) is 24.0 Å². The normalized spacial score (nSPS) is 12.2. The van der Waals surface area contributed by atoms with Crippen LogP contribution in [0.25, 0.3) is 5.57 Å². The number of benzene rings is 1. The van der Waals surface area contributed by atoms with Gasteiger partial charge in [0.1, 0.15) is 0 Å². The van der Waals surface area contributed by atoms with Gasteiger partial charge in [0, 0.05) is 28.4 Å². The van der Waals surface area contributed by atoms with Gasteiger partial charge in [0.05, 0.1) is 0 Å². The molecule has 1 unspecified atom stereocenters. The van der Waals surface area contributed by atoms with Crippen molar-refractivity contribution < 1.29 is 0 Å². The lowest BCUT2D eigenvalue weighted by Crippen LogP contribution is -1.98. The molecule has 1 aromatic heterocycles. The summed E-state index contributed by atoms with van der Waals surface area (Å²) >= 11 is 12.1. The quantitative estimate of drug-likeness (QED) is 0.751. The average Bonchev–Trinajstić information content (AvgIpc) is 2.38. The van der Waals surface area contributed by atoms with E-state index in [-0.39, 0.29) is 5.92 Å². The highest BCUT2D eigenvalue weighted by molar-refractivity contribution is 6.35. The van der Waals surface area contributed by atoms with Crippen LogP contribution in [-0.4, -0.2) is 4.98 Å². The van der Waals surface area contributed by atoms with Crippen molar-refractivity contribution in [3.05, 3.63) is 70.5 Å². The second-order valence-electron chi connectivity index (χ2n) is 4.15. The van der Waals surface area contributed by atoms with E-state index < -0.39 is 0 Å². The lowest BCUT2D eigenvalue weighted by Gasteiger charge is -2.16. The Bertz CT molecular complexity index is 564. The van der Waals surface area contributed by atoms with Gasteiger partial charge in [0.25, 0.3) is 0 Å². The molecule has 92 valence electrons. The third-order valence-electron chi connectivity index (χ3n) is 2.98. The Kier molecular flexibility index (Phi) is 4.05. The highest BCUT2D eigenvalue weighted by Crippen LogP contribution is 2.35. The number of hydrogen-bond acceptors (Lipinski definition) is 1. The van der Waals surface area contributed by atoms with Crippen LogP contribution in [0.3, 0.4) is 0 Å². The molecule has 0 bridgehead atoms. The van der Waals surface area contributed by atoms with E-state index in [1.165, 1.54) is 0 Å².